The third kappa shape index (κ3) is 3.39. The van der Waals surface area contributed by atoms with Crippen LogP contribution in [0.25, 0.3) is 0 Å². The molecular formula is C12H26O5. The minimum atomic E-state index is -1.28. The van der Waals surface area contributed by atoms with Crippen LogP contribution in [0.1, 0.15) is 40.5 Å². The standard InChI is InChI=1S/C12H26O5/c1-5-11(7-13,8-14)17-12(6-2,9-15)10(3,4)16/h13-16H,5-9H2,1-4H3. The van der Waals surface area contributed by atoms with E-state index >= 15 is 0 Å². The van der Waals surface area contributed by atoms with Gasteiger partial charge in [0, 0.05) is 0 Å². The SMILES string of the molecule is CCC(CO)(CO)OC(CC)(CO)C(C)(C)O. The Bertz CT molecular complexity index is 205. The van der Waals surface area contributed by atoms with Gasteiger partial charge < -0.3 is 25.2 Å². The highest BCUT2D eigenvalue weighted by atomic mass is 16.6. The maximum atomic E-state index is 10.1. The molecule has 0 rings (SSSR count). The van der Waals surface area contributed by atoms with E-state index in [9.17, 15) is 20.4 Å². The average Bonchev–Trinajstić information content (AvgIpc) is 2.31. The summed E-state index contributed by atoms with van der Waals surface area (Å²) in [6.07, 6.45) is 0.757. The maximum Gasteiger partial charge on any atom is 0.120 e. The summed E-state index contributed by atoms with van der Waals surface area (Å²) in [5, 5.41) is 38.3. The van der Waals surface area contributed by atoms with Crippen molar-refractivity contribution in [1.29, 1.82) is 0 Å². The first kappa shape index (κ1) is 16.8. The monoisotopic (exact) mass is 250 g/mol. The molecule has 0 aromatic carbocycles. The molecule has 104 valence electrons. The Morgan fingerprint density at radius 3 is 1.53 bits per heavy atom. The lowest BCUT2D eigenvalue weighted by Crippen LogP contribution is -2.60. The van der Waals surface area contributed by atoms with Gasteiger partial charge in [0.2, 0.25) is 0 Å². The average molecular weight is 250 g/mol. The quantitative estimate of drug-likeness (QED) is 0.489. The van der Waals surface area contributed by atoms with Crippen LogP contribution in [0.2, 0.25) is 0 Å². The van der Waals surface area contributed by atoms with Crippen molar-refractivity contribution in [1.82, 2.24) is 0 Å². The molecule has 5 nitrogen and oxygen atoms in total. The topological polar surface area (TPSA) is 90.2 Å². The van der Waals surface area contributed by atoms with Crippen LogP contribution in [0.5, 0.6) is 0 Å². The van der Waals surface area contributed by atoms with Crippen molar-refractivity contribution >= 4 is 0 Å². The normalized spacial score (nSPS) is 16.9. The van der Waals surface area contributed by atoms with Gasteiger partial charge in [-0.1, -0.05) is 13.8 Å². The van der Waals surface area contributed by atoms with E-state index in [2.05, 4.69) is 0 Å². The molecule has 0 aliphatic carbocycles. The van der Waals surface area contributed by atoms with E-state index in [1.165, 1.54) is 0 Å². The molecule has 0 heterocycles. The van der Waals surface area contributed by atoms with Crippen molar-refractivity contribution in [2.24, 2.45) is 0 Å². The van der Waals surface area contributed by atoms with E-state index in [0.717, 1.165) is 0 Å². The van der Waals surface area contributed by atoms with Gasteiger partial charge in [-0.25, -0.2) is 0 Å². The molecule has 0 spiro atoms. The first-order valence-electron chi connectivity index (χ1n) is 6.01. The molecule has 0 aromatic rings. The summed E-state index contributed by atoms with van der Waals surface area (Å²) in [7, 11) is 0. The van der Waals surface area contributed by atoms with Crippen LogP contribution in [0.4, 0.5) is 0 Å². The Morgan fingerprint density at radius 1 is 0.882 bits per heavy atom. The van der Waals surface area contributed by atoms with Crippen LogP contribution in [0.3, 0.4) is 0 Å². The predicted octanol–water partition coefficient (Wildman–Crippen LogP) is 0.0484. The second kappa shape index (κ2) is 6.11. The molecule has 0 aliphatic rings. The minimum absolute atomic E-state index is 0.363. The first-order valence-corrected chi connectivity index (χ1v) is 6.01. The fourth-order valence-corrected chi connectivity index (χ4v) is 1.79. The Balaban J connectivity index is 5.24. The van der Waals surface area contributed by atoms with Gasteiger partial charge in [0.15, 0.2) is 0 Å². The molecule has 0 saturated heterocycles. The third-order valence-electron chi connectivity index (χ3n) is 3.57. The molecule has 5 heteroatoms. The van der Waals surface area contributed by atoms with E-state index < -0.39 is 16.8 Å². The smallest absolute Gasteiger partial charge is 0.120 e. The van der Waals surface area contributed by atoms with Gasteiger partial charge in [0.1, 0.15) is 11.2 Å². The van der Waals surface area contributed by atoms with E-state index in [-0.39, 0.29) is 19.8 Å². The molecule has 0 bridgehead atoms. The summed E-state index contributed by atoms with van der Waals surface area (Å²) in [6.45, 7) is 5.53. The van der Waals surface area contributed by atoms with Gasteiger partial charge in [-0.2, -0.15) is 0 Å². The number of hydrogen-bond donors (Lipinski definition) is 4. The van der Waals surface area contributed by atoms with Crippen molar-refractivity contribution in [3.63, 3.8) is 0 Å². The zero-order valence-corrected chi connectivity index (χ0v) is 11.2. The lowest BCUT2D eigenvalue weighted by molar-refractivity contribution is -0.263. The first-order chi connectivity index (χ1) is 7.76. The molecule has 0 fully saturated rings. The molecule has 0 amide bonds. The zero-order chi connectivity index (χ0) is 13.7. The Morgan fingerprint density at radius 2 is 1.35 bits per heavy atom. The Labute approximate surface area is 103 Å². The van der Waals surface area contributed by atoms with E-state index in [1.807, 2.05) is 0 Å². The molecule has 0 saturated carbocycles. The van der Waals surface area contributed by atoms with Crippen LogP contribution >= 0.6 is 0 Å². The highest BCUT2D eigenvalue weighted by molar-refractivity contribution is 4.97. The molecule has 0 aromatic heterocycles. The predicted molar refractivity (Wildman–Crippen MR) is 64.7 cm³/mol. The highest BCUT2D eigenvalue weighted by Gasteiger charge is 2.48. The van der Waals surface area contributed by atoms with Crippen LogP contribution in [-0.4, -0.2) is 57.0 Å². The van der Waals surface area contributed by atoms with E-state index in [0.29, 0.717) is 12.8 Å². The van der Waals surface area contributed by atoms with Gasteiger partial charge >= 0.3 is 0 Å². The summed E-state index contributed by atoms with van der Waals surface area (Å²) in [5.41, 5.74) is -3.62. The van der Waals surface area contributed by atoms with Crippen molar-refractivity contribution in [3.05, 3.63) is 0 Å². The number of hydrogen-bond acceptors (Lipinski definition) is 5. The maximum absolute atomic E-state index is 10.1. The van der Waals surface area contributed by atoms with Crippen LogP contribution in [-0.2, 0) is 4.74 Å². The fraction of sp³-hybridized carbons (Fsp3) is 1.00. The van der Waals surface area contributed by atoms with Crippen LogP contribution in [0.15, 0.2) is 0 Å². The molecule has 0 radical (unpaired) electrons. The summed E-state index contributed by atoms with van der Waals surface area (Å²) < 4.78 is 5.74. The zero-order valence-electron chi connectivity index (χ0n) is 11.2. The van der Waals surface area contributed by atoms with Gasteiger partial charge in [0.25, 0.3) is 0 Å². The fourth-order valence-electron chi connectivity index (χ4n) is 1.79. The molecular weight excluding hydrogens is 224 g/mol. The summed E-state index contributed by atoms with van der Waals surface area (Å²) in [6, 6.07) is 0. The lowest BCUT2D eigenvalue weighted by Gasteiger charge is -2.47. The largest absolute Gasteiger partial charge is 0.393 e. The van der Waals surface area contributed by atoms with E-state index in [1.54, 1.807) is 27.7 Å². The molecule has 0 aliphatic heterocycles. The summed E-state index contributed by atoms with van der Waals surface area (Å²) in [5.74, 6) is 0. The minimum Gasteiger partial charge on any atom is -0.393 e. The summed E-state index contributed by atoms with van der Waals surface area (Å²) in [4.78, 5) is 0. The van der Waals surface area contributed by atoms with Gasteiger partial charge in [-0.15, -0.1) is 0 Å². The number of ether oxygens (including phenoxy) is 1. The third-order valence-corrected chi connectivity index (χ3v) is 3.57. The van der Waals surface area contributed by atoms with Gasteiger partial charge in [-0.05, 0) is 26.7 Å². The van der Waals surface area contributed by atoms with Crippen molar-refractivity contribution in [2.75, 3.05) is 19.8 Å². The molecule has 17 heavy (non-hydrogen) atoms. The molecule has 4 N–H and O–H groups in total. The number of rotatable bonds is 8. The van der Waals surface area contributed by atoms with Gasteiger partial charge in [-0.3, -0.25) is 0 Å². The van der Waals surface area contributed by atoms with Gasteiger partial charge in [0.05, 0.1) is 25.4 Å². The number of aliphatic hydroxyl groups excluding tert-OH is 3. The summed E-state index contributed by atoms with van der Waals surface area (Å²) >= 11 is 0. The molecule has 1 atom stereocenters. The second-order valence-electron chi connectivity index (χ2n) is 5.02. The number of aliphatic hydroxyl groups is 4. The van der Waals surface area contributed by atoms with E-state index in [4.69, 9.17) is 4.74 Å². The van der Waals surface area contributed by atoms with Crippen molar-refractivity contribution < 1.29 is 25.2 Å². The highest BCUT2D eigenvalue weighted by Crippen LogP contribution is 2.34. The van der Waals surface area contributed by atoms with Crippen molar-refractivity contribution in [3.8, 4) is 0 Å². The Kier molecular flexibility index (Phi) is 6.04. The Hall–Kier alpha value is -0.200. The van der Waals surface area contributed by atoms with Crippen LogP contribution in [0, 0.1) is 0 Å². The second-order valence-corrected chi connectivity index (χ2v) is 5.02. The van der Waals surface area contributed by atoms with Crippen molar-refractivity contribution in [2.45, 2.75) is 57.3 Å². The molecule has 1 unspecified atom stereocenters. The van der Waals surface area contributed by atoms with Crippen LogP contribution < -0.4 is 0 Å². The lowest BCUT2D eigenvalue weighted by atomic mass is 9.82.